The van der Waals surface area contributed by atoms with Gasteiger partial charge in [-0.15, -0.1) is 0 Å². The van der Waals surface area contributed by atoms with Gasteiger partial charge < -0.3 is 4.74 Å². The van der Waals surface area contributed by atoms with Crippen molar-refractivity contribution < 1.29 is 13.2 Å². The highest BCUT2D eigenvalue weighted by Crippen LogP contribution is 2.49. The van der Waals surface area contributed by atoms with Crippen LogP contribution in [-0.4, -0.2) is 27.7 Å². The minimum absolute atomic E-state index is 0.0519. The van der Waals surface area contributed by atoms with Crippen LogP contribution >= 0.6 is 0 Å². The molecule has 1 aromatic carbocycles. The molecule has 1 atom stereocenters. The third-order valence-corrected chi connectivity index (χ3v) is 7.77. The standard InChI is InChI=1S/C18H27NO3S/c1-12-11-13(2)15(4)17(14(12)3)23(20,21)19-16-5-6-18(16)7-9-22-10-8-18/h11,16,19H,5-10H2,1-4H3. The van der Waals surface area contributed by atoms with E-state index in [2.05, 4.69) is 10.8 Å². The third-order valence-electron chi connectivity index (χ3n) is 6.02. The van der Waals surface area contributed by atoms with Crippen molar-refractivity contribution in [3.8, 4) is 0 Å². The van der Waals surface area contributed by atoms with Gasteiger partial charge in [-0.3, -0.25) is 0 Å². The van der Waals surface area contributed by atoms with Gasteiger partial charge in [-0.25, -0.2) is 13.1 Å². The van der Waals surface area contributed by atoms with Crippen molar-refractivity contribution in [3.63, 3.8) is 0 Å². The Morgan fingerprint density at radius 3 is 2.09 bits per heavy atom. The molecule has 2 fully saturated rings. The van der Waals surface area contributed by atoms with E-state index < -0.39 is 10.0 Å². The third kappa shape index (κ3) is 2.83. The maximum absolute atomic E-state index is 13.1. The number of aryl methyl sites for hydroxylation is 2. The van der Waals surface area contributed by atoms with Crippen molar-refractivity contribution in [2.45, 2.75) is 64.3 Å². The van der Waals surface area contributed by atoms with Gasteiger partial charge in [0.05, 0.1) is 4.90 Å². The highest BCUT2D eigenvalue weighted by atomic mass is 32.2. The molecule has 1 N–H and O–H groups in total. The second-order valence-electron chi connectivity index (χ2n) is 7.28. The lowest BCUT2D eigenvalue weighted by Crippen LogP contribution is -2.57. The van der Waals surface area contributed by atoms with Gasteiger partial charge in [-0.1, -0.05) is 6.07 Å². The van der Waals surface area contributed by atoms with Gasteiger partial charge in [0.1, 0.15) is 0 Å². The Balaban J connectivity index is 1.91. The van der Waals surface area contributed by atoms with E-state index in [-0.39, 0.29) is 11.5 Å². The Labute approximate surface area is 139 Å². The number of rotatable bonds is 3. The fraction of sp³-hybridized carbons (Fsp3) is 0.667. The van der Waals surface area contributed by atoms with E-state index in [1.807, 2.05) is 27.7 Å². The molecule has 0 radical (unpaired) electrons. The summed E-state index contributed by atoms with van der Waals surface area (Å²) < 4.78 is 34.6. The van der Waals surface area contributed by atoms with Crippen LogP contribution in [0.1, 0.15) is 47.9 Å². The summed E-state index contributed by atoms with van der Waals surface area (Å²) in [6.07, 6.45) is 3.96. The van der Waals surface area contributed by atoms with Gasteiger partial charge >= 0.3 is 0 Å². The molecule has 3 rings (SSSR count). The molecule has 1 aliphatic heterocycles. The summed E-state index contributed by atoms with van der Waals surface area (Å²) in [6, 6.07) is 2.11. The lowest BCUT2D eigenvalue weighted by Gasteiger charge is -2.51. The van der Waals surface area contributed by atoms with Crippen LogP contribution in [0.4, 0.5) is 0 Å². The summed E-state index contributed by atoms with van der Waals surface area (Å²) in [7, 11) is -3.49. The van der Waals surface area contributed by atoms with Gasteiger partial charge in [0.25, 0.3) is 0 Å². The van der Waals surface area contributed by atoms with Crippen LogP contribution in [-0.2, 0) is 14.8 Å². The average molecular weight is 337 g/mol. The molecule has 0 aromatic heterocycles. The first-order valence-corrected chi connectivity index (χ1v) is 9.93. The summed E-state index contributed by atoms with van der Waals surface area (Å²) in [5.41, 5.74) is 3.90. The molecule has 5 heteroatoms. The molecule has 23 heavy (non-hydrogen) atoms. The van der Waals surface area contributed by atoms with E-state index in [0.29, 0.717) is 4.90 Å². The number of nitrogens with one attached hydrogen (secondary N) is 1. The minimum Gasteiger partial charge on any atom is -0.381 e. The van der Waals surface area contributed by atoms with Gasteiger partial charge in [-0.2, -0.15) is 0 Å². The number of sulfonamides is 1. The van der Waals surface area contributed by atoms with E-state index in [0.717, 1.165) is 61.2 Å². The van der Waals surface area contributed by atoms with E-state index in [1.54, 1.807) is 0 Å². The zero-order chi connectivity index (χ0) is 16.8. The normalized spacial score (nSPS) is 23.7. The van der Waals surface area contributed by atoms with Crippen LogP contribution in [0.5, 0.6) is 0 Å². The SMILES string of the molecule is Cc1cc(C)c(C)c(S(=O)(=O)NC2CCC23CCOCC3)c1C. The molecular weight excluding hydrogens is 310 g/mol. The first-order chi connectivity index (χ1) is 10.8. The summed E-state index contributed by atoms with van der Waals surface area (Å²) in [6.45, 7) is 9.26. The highest BCUT2D eigenvalue weighted by molar-refractivity contribution is 7.89. The largest absolute Gasteiger partial charge is 0.381 e. The molecule has 1 spiro atoms. The van der Waals surface area contributed by atoms with Gasteiger partial charge in [0.2, 0.25) is 10.0 Å². The molecule has 2 aliphatic rings. The van der Waals surface area contributed by atoms with E-state index in [1.165, 1.54) is 0 Å². The van der Waals surface area contributed by atoms with Crippen molar-refractivity contribution in [1.29, 1.82) is 0 Å². The highest BCUT2D eigenvalue weighted by Gasteiger charge is 2.49. The summed E-state index contributed by atoms with van der Waals surface area (Å²) in [5, 5.41) is 0. The lowest BCUT2D eigenvalue weighted by molar-refractivity contribution is -0.0483. The van der Waals surface area contributed by atoms with Crippen molar-refractivity contribution in [3.05, 3.63) is 28.3 Å². The Kier molecular flexibility index (Phi) is 4.32. The maximum atomic E-state index is 13.1. The Morgan fingerprint density at radius 1 is 1.04 bits per heavy atom. The van der Waals surface area contributed by atoms with Crippen molar-refractivity contribution in [1.82, 2.24) is 4.72 Å². The molecule has 1 aliphatic carbocycles. The summed E-state index contributed by atoms with van der Waals surface area (Å²) >= 11 is 0. The van der Waals surface area contributed by atoms with Gasteiger partial charge in [0.15, 0.2) is 0 Å². The predicted molar refractivity (Wildman–Crippen MR) is 91.2 cm³/mol. The minimum atomic E-state index is -3.49. The molecule has 0 bridgehead atoms. The monoisotopic (exact) mass is 337 g/mol. The van der Waals surface area contributed by atoms with Crippen LogP contribution in [0.3, 0.4) is 0 Å². The van der Waals surface area contributed by atoms with Gasteiger partial charge in [0, 0.05) is 19.3 Å². The molecule has 1 heterocycles. The van der Waals surface area contributed by atoms with E-state index >= 15 is 0 Å². The summed E-state index contributed by atoms with van der Waals surface area (Å²) in [5.74, 6) is 0. The lowest BCUT2D eigenvalue weighted by atomic mass is 9.60. The molecule has 4 nitrogen and oxygen atoms in total. The first-order valence-electron chi connectivity index (χ1n) is 8.44. The second-order valence-corrected chi connectivity index (χ2v) is 8.93. The van der Waals surface area contributed by atoms with Crippen LogP contribution < -0.4 is 4.72 Å². The molecule has 128 valence electrons. The van der Waals surface area contributed by atoms with Crippen molar-refractivity contribution in [2.75, 3.05) is 13.2 Å². The number of hydrogen-bond donors (Lipinski definition) is 1. The fourth-order valence-corrected chi connectivity index (χ4v) is 6.08. The van der Waals surface area contributed by atoms with Crippen molar-refractivity contribution >= 4 is 10.0 Å². The van der Waals surface area contributed by atoms with Crippen LogP contribution in [0.15, 0.2) is 11.0 Å². The molecule has 1 saturated heterocycles. The van der Waals surface area contributed by atoms with Crippen LogP contribution in [0.25, 0.3) is 0 Å². The smallest absolute Gasteiger partial charge is 0.241 e. The fourth-order valence-electron chi connectivity index (χ4n) is 4.09. The predicted octanol–water partition coefficient (Wildman–Crippen LogP) is 3.16. The first kappa shape index (κ1) is 16.9. The molecule has 0 amide bonds. The van der Waals surface area contributed by atoms with Crippen LogP contribution in [0.2, 0.25) is 0 Å². The number of ether oxygens (including phenoxy) is 1. The second kappa shape index (κ2) is 5.87. The Hall–Kier alpha value is -0.910. The molecule has 1 saturated carbocycles. The quantitative estimate of drug-likeness (QED) is 0.922. The topological polar surface area (TPSA) is 55.4 Å². The number of benzene rings is 1. The van der Waals surface area contributed by atoms with Crippen LogP contribution in [0, 0.1) is 33.1 Å². The Bertz CT molecular complexity index is 692. The van der Waals surface area contributed by atoms with Crippen molar-refractivity contribution in [2.24, 2.45) is 5.41 Å². The molecular formula is C18H27NO3S. The van der Waals surface area contributed by atoms with E-state index in [9.17, 15) is 8.42 Å². The average Bonchev–Trinajstić information content (AvgIpc) is 2.51. The Morgan fingerprint density at radius 2 is 1.61 bits per heavy atom. The molecule has 1 unspecified atom stereocenters. The maximum Gasteiger partial charge on any atom is 0.241 e. The number of hydrogen-bond acceptors (Lipinski definition) is 3. The zero-order valence-corrected chi connectivity index (χ0v) is 15.3. The zero-order valence-electron chi connectivity index (χ0n) is 14.5. The van der Waals surface area contributed by atoms with Gasteiger partial charge in [-0.05, 0) is 81.0 Å². The van der Waals surface area contributed by atoms with E-state index in [4.69, 9.17) is 4.74 Å². The molecule has 1 aromatic rings. The summed E-state index contributed by atoms with van der Waals surface area (Å²) in [4.78, 5) is 0.476.